The summed E-state index contributed by atoms with van der Waals surface area (Å²) in [6.45, 7) is 2.02. The van der Waals surface area contributed by atoms with Gasteiger partial charge in [0.2, 0.25) is 11.7 Å². The predicted octanol–water partition coefficient (Wildman–Crippen LogP) is 3.72. The summed E-state index contributed by atoms with van der Waals surface area (Å²) in [6.07, 6.45) is 0. The maximum absolute atomic E-state index is 12.2. The summed E-state index contributed by atoms with van der Waals surface area (Å²) >= 11 is 6.14. The molecule has 2 aromatic rings. The number of anilines is 2. The van der Waals surface area contributed by atoms with Crippen LogP contribution in [-0.4, -0.2) is 33.8 Å². The van der Waals surface area contributed by atoms with Crippen molar-refractivity contribution in [3.63, 3.8) is 0 Å². The van der Waals surface area contributed by atoms with Gasteiger partial charge in [0.25, 0.3) is 0 Å². The van der Waals surface area contributed by atoms with Crippen molar-refractivity contribution in [3.05, 3.63) is 40.9 Å². The highest BCUT2D eigenvalue weighted by molar-refractivity contribution is 6.33. The number of carbonyl (C=O) groups excluding carboxylic acids is 1. The second-order valence-electron chi connectivity index (χ2n) is 5.30. The lowest BCUT2D eigenvalue weighted by atomic mass is 10.2. The molecule has 0 heterocycles. The van der Waals surface area contributed by atoms with Crippen LogP contribution in [0, 0.1) is 6.92 Å². The van der Waals surface area contributed by atoms with Crippen molar-refractivity contribution in [2.45, 2.75) is 6.92 Å². The zero-order chi connectivity index (χ0) is 18.4. The Bertz CT molecular complexity index is 740. The lowest BCUT2D eigenvalue weighted by molar-refractivity contribution is -0.114. The highest BCUT2D eigenvalue weighted by Crippen LogP contribution is 2.39. The van der Waals surface area contributed by atoms with Gasteiger partial charge >= 0.3 is 0 Å². The topological polar surface area (TPSA) is 68.8 Å². The number of benzene rings is 2. The van der Waals surface area contributed by atoms with E-state index in [0.717, 1.165) is 5.56 Å². The van der Waals surface area contributed by atoms with Crippen molar-refractivity contribution in [2.24, 2.45) is 0 Å². The molecule has 2 N–H and O–H groups in total. The predicted molar refractivity (Wildman–Crippen MR) is 99.4 cm³/mol. The highest BCUT2D eigenvalue weighted by Gasteiger charge is 2.14. The van der Waals surface area contributed by atoms with Crippen molar-refractivity contribution in [1.29, 1.82) is 0 Å². The van der Waals surface area contributed by atoms with Crippen LogP contribution in [0.25, 0.3) is 0 Å². The Morgan fingerprint density at radius 2 is 1.68 bits per heavy atom. The first-order valence-corrected chi connectivity index (χ1v) is 7.96. The minimum absolute atomic E-state index is 0.0689. The molecule has 6 nitrogen and oxygen atoms in total. The van der Waals surface area contributed by atoms with E-state index in [1.54, 1.807) is 12.1 Å². The van der Waals surface area contributed by atoms with Crippen molar-refractivity contribution < 1.29 is 19.0 Å². The molecule has 0 saturated heterocycles. The zero-order valence-electron chi connectivity index (χ0n) is 14.6. The van der Waals surface area contributed by atoms with E-state index in [1.165, 1.54) is 21.3 Å². The molecule has 0 aliphatic carbocycles. The van der Waals surface area contributed by atoms with Gasteiger partial charge in [0.05, 0.1) is 38.6 Å². The van der Waals surface area contributed by atoms with Gasteiger partial charge < -0.3 is 24.8 Å². The van der Waals surface area contributed by atoms with Gasteiger partial charge in [-0.1, -0.05) is 17.7 Å². The second kappa shape index (κ2) is 8.48. The van der Waals surface area contributed by atoms with Crippen molar-refractivity contribution in [3.8, 4) is 17.2 Å². The Hall–Kier alpha value is -2.60. The maximum Gasteiger partial charge on any atom is 0.243 e. The molecule has 0 atom stereocenters. The van der Waals surface area contributed by atoms with Crippen molar-refractivity contribution in [1.82, 2.24) is 0 Å². The molecule has 2 aromatic carbocycles. The van der Waals surface area contributed by atoms with Gasteiger partial charge in [0.15, 0.2) is 11.5 Å². The maximum atomic E-state index is 12.2. The van der Waals surface area contributed by atoms with Gasteiger partial charge in [-0.05, 0) is 24.6 Å². The largest absolute Gasteiger partial charge is 0.493 e. The number of ether oxygens (including phenoxy) is 3. The molecule has 2 rings (SSSR count). The Kier molecular flexibility index (Phi) is 6.36. The second-order valence-corrected chi connectivity index (χ2v) is 5.71. The normalized spacial score (nSPS) is 10.1. The molecule has 0 saturated carbocycles. The molecule has 7 heteroatoms. The molecular formula is C18H21ClN2O4. The summed E-state index contributed by atoms with van der Waals surface area (Å²) in [5, 5.41) is 6.36. The number of hydrogen-bond acceptors (Lipinski definition) is 5. The first-order valence-electron chi connectivity index (χ1n) is 7.58. The van der Waals surface area contributed by atoms with Gasteiger partial charge in [-0.15, -0.1) is 0 Å². The molecule has 25 heavy (non-hydrogen) atoms. The minimum atomic E-state index is -0.231. The van der Waals surface area contributed by atoms with E-state index >= 15 is 0 Å². The van der Waals surface area contributed by atoms with Gasteiger partial charge in [-0.2, -0.15) is 0 Å². The molecule has 134 valence electrons. The van der Waals surface area contributed by atoms with E-state index in [2.05, 4.69) is 10.6 Å². The SMILES string of the molecule is COc1cc(NC(=O)CNc2ccc(C)cc2Cl)cc(OC)c1OC. The van der Waals surface area contributed by atoms with Crippen molar-refractivity contribution >= 4 is 28.9 Å². The Labute approximate surface area is 152 Å². The Balaban J connectivity index is 2.07. The molecule has 0 radical (unpaired) electrons. The number of halogens is 1. The van der Waals surface area contributed by atoms with Crippen molar-refractivity contribution in [2.75, 3.05) is 38.5 Å². The Morgan fingerprint density at radius 3 is 2.20 bits per heavy atom. The fourth-order valence-corrected chi connectivity index (χ4v) is 2.60. The van der Waals surface area contributed by atoms with Crippen LogP contribution in [0.5, 0.6) is 17.2 Å². The summed E-state index contributed by atoms with van der Waals surface area (Å²) < 4.78 is 15.8. The third-order valence-electron chi connectivity index (χ3n) is 3.51. The molecular weight excluding hydrogens is 344 g/mol. The smallest absolute Gasteiger partial charge is 0.243 e. The molecule has 0 fully saturated rings. The molecule has 1 amide bonds. The van der Waals surface area contributed by atoms with Crippen LogP contribution < -0.4 is 24.8 Å². The average molecular weight is 365 g/mol. The number of rotatable bonds is 7. The quantitative estimate of drug-likeness (QED) is 0.783. The van der Waals surface area contributed by atoms with Crippen LogP contribution in [0.3, 0.4) is 0 Å². The minimum Gasteiger partial charge on any atom is -0.493 e. The number of aryl methyl sites for hydroxylation is 1. The van der Waals surface area contributed by atoms with Crippen LogP contribution >= 0.6 is 11.6 Å². The lowest BCUT2D eigenvalue weighted by Crippen LogP contribution is -2.22. The van der Waals surface area contributed by atoms with E-state index < -0.39 is 0 Å². The molecule has 0 spiro atoms. The number of nitrogens with one attached hydrogen (secondary N) is 2. The molecule has 0 bridgehead atoms. The average Bonchev–Trinajstić information content (AvgIpc) is 2.60. The van der Waals surface area contributed by atoms with Gasteiger partial charge in [0, 0.05) is 17.8 Å². The lowest BCUT2D eigenvalue weighted by Gasteiger charge is -2.15. The third-order valence-corrected chi connectivity index (χ3v) is 3.83. The summed E-state index contributed by atoms with van der Waals surface area (Å²) in [4.78, 5) is 12.2. The molecule has 0 aliphatic rings. The van der Waals surface area contributed by atoms with E-state index in [4.69, 9.17) is 25.8 Å². The number of carbonyl (C=O) groups is 1. The number of amides is 1. The summed E-state index contributed by atoms with van der Waals surface area (Å²) in [6, 6.07) is 8.92. The fraction of sp³-hybridized carbons (Fsp3) is 0.278. The first kappa shape index (κ1) is 18.7. The summed E-state index contributed by atoms with van der Waals surface area (Å²) in [5.41, 5.74) is 2.29. The Morgan fingerprint density at radius 1 is 1.04 bits per heavy atom. The fourth-order valence-electron chi connectivity index (χ4n) is 2.30. The molecule has 0 unspecified atom stereocenters. The van der Waals surface area contributed by atoms with E-state index in [-0.39, 0.29) is 12.5 Å². The molecule has 0 aliphatic heterocycles. The van der Waals surface area contributed by atoms with E-state index in [9.17, 15) is 4.79 Å². The third kappa shape index (κ3) is 4.70. The highest BCUT2D eigenvalue weighted by atomic mass is 35.5. The summed E-state index contributed by atoms with van der Waals surface area (Å²) in [5.74, 6) is 1.16. The molecule has 0 aromatic heterocycles. The van der Waals surface area contributed by atoms with E-state index in [1.807, 2.05) is 25.1 Å². The first-order chi connectivity index (χ1) is 12.0. The number of methoxy groups -OCH3 is 3. The van der Waals surface area contributed by atoms with Gasteiger partial charge in [-0.25, -0.2) is 0 Å². The van der Waals surface area contributed by atoms with Crippen LogP contribution in [0.1, 0.15) is 5.56 Å². The monoisotopic (exact) mass is 364 g/mol. The number of hydrogen-bond donors (Lipinski definition) is 2. The standard InChI is InChI=1S/C18H21ClN2O4/c1-11-5-6-14(13(19)7-11)20-10-17(22)21-12-8-15(23-2)18(25-4)16(9-12)24-3/h5-9,20H,10H2,1-4H3,(H,21,22). The zero-order valence-corrected chi connectivity index (χ0v) is 15.4. The van der Waals surface area contributed by atoms with E-state index in [0.29, 0.717) is 33.6 Å². The summed E-state index contributed by atoms with van der Waals surface area (Å²) in [7, 11) is 4.56. The van der Waals surface area contributed by atoms with Crippen LogP contribution in [0.2, 0.25) is 5.02 Å². The van der Waals surface area contributed by atoms with Crippen LogP contribution in [-0.2, 0) is 4.79 Å². The van der Waals surface area contributed by atoms with Gasteiger partial charge in [-0.3, -0.25) is 4.79 Å². The van der Waals surface area contributed by atoms with Crippen LogP contribution in [0.15, 0.2) is 30.3 Å². The van der Waals surface area contributed by atoms with Crippen LogP contribution in [0.4, 0.5) is 11.4 Å². The van der Waals surface area contributed by atoms with Gasteiger partial charge in [0.1, 0.15) is 0 Å².